The van der Waals surface area contributed by atoms with E-state index < -0.39 is 5.60 Å². The van der Waals surface area contributed by atoms with E-state index in [-0.39, 0.29) is 12.0 Å². The summed E-state index contributed by atoms with van der Waals surface area (Å²) in [5, 5.41) is 10.9. The molecule has 0 radical (unpaired) electrons. The molecule has 130 valence electrons. The summed E-state index contributed by atoms with van der Waals surface area (Å²) >= 11 is 0. The molecule has 3 nitrogen and oxygen atoms in total. The molecule has 1 aromatic carbocycles. The Kier molecular flexibility index (Phi) is 3.87. The molecule has 3 aliphatic rings. The average Bonchev–Trinajstić information content (AvgIpc) is 2.87. The van der Waals surface area contributed by atoms with Crippen molar-refractivity contribution >= 4 is 0 Å². The first-order chi connectivity index (χ1) is 11.5. The molecule has 0 unspecified atom stereocenters. The quantitative estimate of drug-likeness (QED) is 0.813. The number of aryl methyl sites for hydroxylation is 1. The maximum Gasteiger partial charge on any atom is 0.135 e. The second-order valence-corrected chi connectivity index (χ2v) is 8.01. The summed E-state index contributed by atoms with van der Waals surface area (Å²) < 4.78 is 12.4. The SMILES string of the molecule is CCCCCc1cc2c3c(c1)O[C@H]1[C@@H]3[C@@H](CC[C@]1(C)O)C(C)=CO2. The zero-order valence-electron chi connectivity index (χ0n) is 15.0. The number of hydrogen-bond acceptors (Lipinski definition) is 3. The largest absolute Gasteiger partial charge is 0.486 e. The van der Waals surface area contributed by atoms with Gasteiger partial charge >= 0.3 is 0 Å². The number of rotatable bonds is 4. The lowest BCUT2D eigenvalue weighted by atomic mass is 9.66. The van der Waals surface area contributed by atoms with Crippen LogP contribution in [0.25, 0.3) is 0 Å². The summed E-state index contributed by atoms with van der Waals surface area (Å²) in [6.45, 7) is 6.30. The number of benzene rings is 1. The van der Waals surface area contributed by atoms with Gasteiger partial charge in [-0.05, 0) is 68.7 Å². The molecular weight excluding hydrogens is 300 g/mol. The molecule has 0 saturated heterocycles. The standard InChI is InChI=1S/C21H28O3/c1-4-5-6-7-14-10-16-19-17(11-14)24-20-18(19)15(13(2)12-23-16)8-9-21(20,3)22/h10-12,15,18,20,22H,4-9H2,1-3H3/t15-,18+,20-,21-/m0/s1. The van der Waals surface area contributed by atoms with Gasteiger partial charge in [-0.1, -0.05) is 19.8 Å². The molecule has 0 bridgehead atoms. The highest BCUT2D eigenvalue weighted by atomic mass is 16.5. The number of unbranched alkanes of at least 4 members (excludes halogenated alkanes) is 2. The summed E-state index contributed by atoms with van der Waals surface area (Å²) in [5.74, 6) is 2.49. The molecule has 0 spiro atoms. The van der Waals surface area contributed by atoms with Crippen LogP contribution in [0.5, 0.6) is 11.5 Å². The van der Waals surface area contributed by atoms with Crippen LogP contribution in [-0.2, 0) is 6.42 Å². The van der Waals surface area contributed by atoms with Crippen LogP contribution in [0.1, 0.15) is 69.9 Å². The van der Waals surface area contributed by atoms with Gasteiger partial charge in [-0.3, -0.25) is 0 Å². The molecule has 0 aromatic heterocycles. The summed E-state index contributed by atoms with van der Waals surface area (Å²) in [7, 11) is 0. The first-order valence-corrected chi connectivity index (χ1v) is 9.40. The Morgan fingerprint density at radius 2 is 2.04 bits per heavy atom. The van der Waals surface area contributed by atoms with Crippen LogP contribution in [0.3, 0.4) is 0 Å². The number of hydrogen-bond donors (Lipinski definition) is 1. The normalized spacial score (nSPS) is 33.2. The highest BCUT2D eigenvalue weighted by molar-refractivity contribution is 5.56. The van der Waals surface area contributed by atoms with E-state index in [2.05, 4.69) is 26.0 Å². The fourth-order valence-electron chi connectivity index (χ4n) is 4.71. The van der Waals surface area contributed by atoms with Crippen LogP contribution in [0.2, 0.25) is 0 Å². The van der Waals surface area contributed by atoms with Crippen molar-refractivity contribution in [3.63, 3.8) is 0 Å². The summed E-state index contributed by atoms with van der Waals surface area (Å²) in [6.07, 6.45) is 8.23. The average molecular weight is 328 g/mol. The molecule has 1 N–H and O–H groups in total. The van der Waals surface area contributed by atoms with Gasteiger partial charge in [0.1, 0.15) is 17.6 Å². The van der Waals surface area contributed by atoms with E-state index in [0.717, 1.165) is 30.8 Å². The summed E-state index contributed by atoms with van der Waals surface area (Å²) in [5.41, 5.74) is 2.95. The number of aliphatic hydroxyl groups is 1. The van der Waals surface area contributed by atoms with Gasteiger partial charge < -0.3 is 14.6 Å². The smallest absolute Gasteiger partial charge is 0.135 e. The third-order valence-electron chi connectivity index (χ3n) is 6.11. The van der Waals surface area contributed by atoms with Gasteiger partial charge in [-0.25, -0.2) is 0 Å². The lowest BCUT2D eigenvalue weighted by Gasteiger charge is -2.42. The Balaban J connectivity index is 1.75. The van der Waals surface area contributed by atoms with Gasteiger partial charge in [0.2, 0.25) is 0 Å². The highest BCUT2D eigenvalue weighted by Gasteiger charge is 2.54. The van der Waals surface area contributed by atoms with Crippen LogP contribution in [0.15, 0.2) is 24.0 Å². The highest BCUT2D eigenvalue weighted by Crippen LogP contribution is 2.57. The molecule has 1 aliphatic carbocycles. The molecule has 4 atom stereocenters. The minimum Gasteiger partial charge on any atom is -0.486 e. The van der Waals surface area contributed by atoms with Crippen molar-refractivity contribution in [1.82, 2.24) is 0 Å². The zero-order valence-corrected chi connectivity index (χ0v) is 15.0. The Hall–Kier alpha value is -1.48. The predicted molar refractivity (Wildman–Crippen MR) is 94.6 cm³/mol. The molecule has 1 saturated carbocycles. The fourth-order valence-corrected chi connectivity index (χ4v) is 4.71. The second kappa shape index (κ2) is 5.80. The maximum absolute atomic E-state index is 10.9. The number of allylic oxidation sites excluding steroid dienone is 1. The molecule has 2 heterocycles. The molecule has 2 aliphatic heterocycles. The molecule has 24 heavy (non-hydrogen) atoms. The summed E-state index contributed by atoms with van der Waals surface area (Å²) in [6, 6.07) is 4.37. The van der Waals surface area contributed by atoms with Crippen molar-refractivity contribution < 1.29 is 14.6 Å². The van der Waals surface area contributed by atoms with E-state index >= 15 is 0 Å². The molecule has 0 amide bonds. The van der Waals surface area contributed by atoms with Gasteiger partial charge in [0.15, 0.2) is 0 Å². The molecule has 4 rings (SSSR count). The van der Waals surface area contributed by atoms with Gasteiger partial charge in [-0.2, -0.15) is 0 Å². The van der Waals surface area contributed by atoms with E-state index in [0.29, 0.717) is 5.92 Å². The molecule has 3 heteroatoms. The number of ether oxygens (including phenoxy) is 2. The predicted octanol–water partition coefficient (Wildman–Crippen LogP) is 4.72. The minimum atomic E-state index is -0.773. The first kappa shape index (κ1) is 16.0. The topological polar surface area (TPSA) is 38.7 Å². The van der Waals surface area contributed by atoms with Gasteiger partial charge in [0.05, 0.1) is 11.9 Å². The first-order valence-electron chi connectivity index (χ1n) is 9.40. The van der Waals surface area contributed by atoms with Crippen molar-refractivity contribution in [2.45, 2.75) is 76.9 Å². The van der Waals surface area contributed by atoms with E-state index in [1.165, 1.54) is 36.0 Å². The van der Waals surface area contributed by atoms with Crippen molar-refractivity contribution in [2.24, 2.45) is 5.92 Å². The Morgan fingerprint density at radius 1 is 1.25 bits per heavy atom. The van der Waals surface area contributed by atoms with Crippen LogP contribution >= 0.6 is 0 Å². The minimum absolute atomic E-state index is 0.166. The van der Waals surface area contributed by atoms with E-state index in [4.69, 9.17) is 9.47 Å². The maximum atomic E-state index is 10.9. The summed E-state index contributed by atoms with van der Waals surface area (Å²) in [4.78, 5) is 0. The van der Waals surface area contributed by atoms with E-state index in [9.17, 15) is 5.11 Å². The van der Waals surface area contributed by atoms with Gasteiger partial charge in [0.25, 0.3) is 0 Å². The second-order valence-electron chi connectivity index (χ2n) is 8.01. The van der Waals surface area contributed by atoms with E-state index in [1.807, 2.05) is 13.2 Å². The third-order valence-corrected chi connectivity index (χ3v) is 6.11. The zero-order chi connectivity index (χ0) is 16.9. The van der Waals surface area contributed by atoms with Gasteiger partial charge in [-0.15, -0.1) is 0 Å². The fraction of sp³-hybridized carbons (Fsp3) is 0.619. The van der Waals surface area contributed by atoms with Crippen molar-refractivity contribution in [3.8, 4) is 11.5 Å². The molecular formula is C21H28O3. The molecule has 1 fully saturated rings. The Bertz CT molecular complexity index is 674. The molecule has 1 aromatic rings. The van der Waals surface area contributed by atoms with Crippen molar-refractivity contribution in [2.75, 3.05) is 0 Å². The van der Waals surface area contributed by atoms with E-state index in [1.54, 1.807) is 0 Å². The monoisotopic (exact) mass is 328 g/mol. The van der Waals surface area contributed by atoms with Crippen molar-refractivity contribution in [3.05, 3.63) is 35.1 Å². The van der Waals surface area contributed by atoms with Gasteiger partial charge in [0, 0.05) is 11.5 Å². The lowest BCUT2D eigenvalue weighted by molar-refractivity contribution is -0.0823. The lowest BCUT2D eigenvalue weighted by Crippen LogP contribution is -2.50. The van der Waals surface area contributed by atoms with Crippen LogP contribution < -0.4 is 9.47 Å². The van der Waals surface area contributed by atoms with Crippen LogP contribution in [0.4, 0.5) is 0 Å². The Morgan fingerprint density at radius 3 is 2.83 bits per heavy atom. The third kappa shape index (κ3) is 2.45. The van der Waals surface area contributed by atoms with Crippen molar-refractivity contribution in [1.29, 1.82) is 0 Å². The van der Waals surface area contributed by atoms with Crippen LogP contribution in [-0.4, -0.2) is 16.8 Å². The Labute approximate surface area is 144 Å². The van der Waals surface area contributed by atoms with Crippen LogP contribution in [0, 0.1) is 5.92 Å².